The first-order chi connectivity index (χ1) is 27.6. The van der Waals surface area contributed by atoms with Gasteiger partial charge in [-0.15, -0.1) is 0 Å². The molecule has 5 aliphatic rings. The first kappa shape index (κ1) is 41.2. The monoisotopic (exact) mass is 821 g/mol. The van der Waals surface area contributed by atoms with Crippen LogP contribution in [0.4, 0.5) is 4.79 Å². The summed E-state index contributed by atoms with van der Waals surface area (Å²) in [5.41, 5.74) is -0.323. The van der Waals surface area contributed by atoms with Crippen LogP contribution in [-0.2, 0) is 53.6 Å². The fraction of sp³-hybridized carbons (Fsp3) is 0.610. The minimum absolute atomic E-state index is 0.0650. The van der Waals surface area contributed by atoms with Crippen molar-refractivity contribution in [2.45, 2.75) is 133 Å². The maximum Gasteiger partial charge on any atom is 0.408 e. The highest BCUT2D eigenvalue weighted by Gasteiger charge is 2.62. The molecule has 1 aromatic heterocycles. The zero-order valence-corrected chi connectivity index (χ0v) is 34.3. The topological polar surface area (TPSA) is 198 Å². The quantitative estimate of drug-likeness (QED) is 0.299. The Labute approximate surface area is 339 Å². The number of carbonyl (C=O) groups excluding carboxylic acids is 5. The van der Waals surface area contributed by atoms with Gasteiger partial charge in [-0.2, -0.15) is 5.10 Å². The van der Waals surface area contributed by atoms with Crippen LogP contribution in [0, 0.1) is 11.8 Å². The van der Waals surface area contributed by atoms with Gasteiger partial charge in [-0.3, -0.25) is 28.6 Å². The zero-order chi connectivity index (χ0) is 41.2. The minimum atomic E-state index is -3.90. The number of hydrogen-bond donors (Lipinski definition) is 3. The summed E-state index contributed by atoms with van der Waals surface area (Å²) >= 11 is 0. The number of aromatic nitrogens is 2. The Balaban J connectivity index is 1.07. The van der Waals surface area contributed by atoms with Crippen molar-refractivity contribution in [2.75, 3.05) is 13.2 Å². The summed E-state index contributed by atoms with van der Waals surface area (Å²) in [7, 11) is -3.90. The molecule has 0 radical (unpaired) electrons. The molecule has 3 fully saturated rings. The Morgan fingerprint density at radius 1 is 1.05 bits per heavy atom. The van der Waals surface area contributed by atoms with Gasteiger partial charge >= 0.3 is 6.09 Å². The normalized spacial score (nSPS) is 26.9. The van der Waals surface area contributed by atoms with Crippen molar-refractivity contribution in [3.63, 3.8) is 0 Å². The summed E-state index contributed by atoms with van der Waals surface area (Å²) in [5, 5.41) is 9.19. The van der Waals surface area contributed by atoms with Crippen molar-refractivity contribution in [1.82, 2.24) is 34.9 Å². The molecule has 314 valence electrons. The van der Waals surface area contributed by atoms with Gasteiger partial charge in [0.15, 0.2) is 0 Å². The van der Waals surface area contributed by atoms with Gasteiger partial charge < -0.3 is 29.9 Å². The second kappa shape index (κ2) is 16.7. The molecule has 0 bridgehead atoms. The maximum absolute atomic E-state index is 14.5. The molecule has 58 heavy (non-hydrogen) atoms. The van der Waals surface area contributed by atoms with Crippen molar-refractivity contribution < 1.29 is 41.9 Å². The van der Waals surface area contributed by atoms with Crippen LogP contribution in [0.1, 0.15) is 96.1 Å². The van der Waals surface area contributed by atoms with E-state index in [9.17, 15) is 32.4 Å². The van der Waals surface area contributed by atoms with Crippen molar-refractivity contribution in [3.8, 4) is 5.75 Å². The Morgan fingerprint density at radius 3 is 2.59 bits per heavy atom. The third-order valence-electron chi connectivity index (χ3n) is 11.5. The van der Waals surface area contributed by atoms with Crippen molar-refractivity contribution in [2.24, 2.45) is 11.8 Å². The Morgan fingerprint density at radius 2 is 1.84 bits per heavy atom. The van der Waals surface area contributed by atoms with Gasteiger partial charge in [-0.1, -0.05) is 31.1 Å². The number of nitrogens with one attached hydrogen (secondary N) is 3. The van der Waals surface area contributed by atoms with Gasteiger partial charge in [0, 0.05) is 44.4 Å². The smallest absolute Gasteiger partial charge is 0.408 e. The molecule has 1 aromatic carbocycles. The number of nitrogens with zero attached hydrogens (tertiary/aromatic N) is 4. The molecule has 2 saturated carbocycles. The van der Waals surface area contributed by atoms with E-state index in [0.29, 0.717) is 64.1 Å². The molecule has 1 unspecified atom stereocenters. The van der Waals surface area contributed by atoms with Crippen LogP contribution in [0.25, 0.3) is 0 Å². The number of ether oxygens (including phenoxy) is 2. The van der Waals surface area contributed by atoms with Crippen LogP contribution >= 0.6 is 0 Å². The maximum atomic E-state index is 14.5. The highest BCUT2D eigenvalue weighted by atomic mass is 32.2. The summed E-state index contributed by atoms with van der Waals surface area (Å²) in [6.45, 7) is 7.09. The fourth-order valence-corrected chi connectivity index (χ4v) is 9.55. The third-order valence-corrected chi connectivity index (χ3v) is 13.3. The van der Waals surface area contributed by atoms with Gasteiger partial charge in [0.05, 0.1) is 11.8 Å². The van der Waals surface area contributed by atoms with Gasteiger partial charge in [0.1, 0.15) is 35.6 Å². The lowest BCUT2D eigenvalue weighted by atomic mass is 10.00. The van der Waals surface area contributed by atoms with Crippen LogP contribution in [0.5, 0.6) is 5.75 Å². The number of alkyl carbamates (subject to hydrolysis) is 1. The molecule has 2 aliphatic carbocycles. The molecule has 2 aromatic rings. The van der Waals surface area contributed by atoms with Crippen LogP contribution in [0.3, 0.4) is 0 Å². The summed E-state index contributed by atoms with van der Waals surface area (Å²) in [4.78, 5) is 72.7. The van der Waals surface area contributed by atoms with E-state index in [-0.39, 0.29) is 31.7 Å². The molecule has 3 aliphatic heterocycles. The number of rotatable bonds is 10. The van der Waals surface area contributed by atoms with Crippen LogP contribution < -0.4 is 20.1 Å². The zero-order valence-electron chi connectivity index (χ0n) is 33.5. The first-order valence-electron chi connectivity index (χ1n) is 20.4. The summed E-state index contributed by atoms with van der Waals surface area (Å²) in [6, 6.07) is 5.57. The van der Waals surface area contributed by atoms with E-state index in [4.69, 9.17) is 9.47 Å². The summed E-state index contributed by atoms with van der Waals surface area (Å²) in [5.74, 6) is -2.16. The van der Waals surface area contributed by atoms with Crippen molar-refractivity contribution in [3.05, 3.63) is 59.9 Å². The number of amides is 5. The predicted octanol–water partition coefficient (Wildman–Crippen LogP) is 3.31. The molecule has 0 spiro atoms. The molecule has 4 heterocycles. The van der Waals surface area contributed by atoms with Gasteiger partial charge in [-0.05, 0) is 101 Å². The molecule has 5 amide bonds. The lowest BCUT2D eigenvalue weighted by molar-refractivity contribution is -0.141. The van der Waals surface area contributed by atoms with E-state index < -0.39 is 74.1 Å². The van der Waals surface area contributed by atoms with Gasteiger partial charge in [-0.25, -0.2) is 13.2 Å². The molecule has 17 heteroatoms. The Hall–Kier alpha value is -4.93. The van der Waals surface area contributed by atoms with E-state index in [0.717, 1.165) is 24.0 Å². The average Bonchev–Trinajstić information content (AvgIpc) is 3.94. The lowest BCUT2D eigenvalue weighted by Crippen LogP contribution is -2.58. The molecule has 3 N–H and O–H groups in total. The number of fused-ring (bicyclic) bond motifs is 3. The van der Waals surface area contributed by atoms with Crippen LogP contribution in [0.15, 0.2) is 48.8 Å². The molecule has 16 nitrogen and oxygen atoms in total. The highest BCUT2D eigenvalue weighted by Crippen LogP contribution is 2.46. The first-order valence-corrected chi connectivity index (χ1v) is 22.0. The molecule has 5 atom stereocenters. The molecular formula is C41H55N7O9S. The number of carbonyl (C=O) groups is 5. The largest absolute Gasteiger partial charge is 0.492 e. The van der Waals surface area contributed by atoms with Crippen molar-refractivity contribution >= 4 is 39.7 Å². The second-order valence-electron chi connectivity index (χ2n) is 17.3. The predicted molar refractivity (Wildman–Crippen MR) is 211 cm³/mol. The van der Waals surface area contributed by atoms with Crippen LogP contribution in [0.2, 0.25) is 0 Å². The molecule has 1 saturated heterocycles. The van der Waals surface area contributed by atoms with E-state index in [1.165, 1.54) is 4.90 Å². The minimum Gasteiger partial charge on any atom is -0.492 e. The van der Waals surface area contributed by atoms with Crippen molar-refractivity contribution in [1.29, 1.82) is 0 Å². The third kappa shape index (κ3) is 9.84. The Bertz CT molecular complexity index is 2030. The van der Waals surface area contributed by atoms with Gasteiger partial charge in [0.2, 0.25) is 27.7 Å². The standard InChI is InChI=1S/C41H55N7O9S/c1-40(2,3)57-39(53)43-33-11-8-6-4-5-7-10-30-23-41(30,38(52)45-58(54,55)32-14-15-32)44-36(50)34-20-27(24-48(34)37(33)51)21-35(49)46-25-28-12-13-31(22-29(28)26-46)56-19-18-47-17-9-16-42-47/h7,9-10,12-13,16-17,22,27,30,32-34H,4-6,8,11,14-15,18-21,23-26H2,1-3H3,(H,43,53)(H,44,50)(H,45,52)/b10-7-/t27-,30-,33-,34?,41+/m0/s1. The fourth-order valence-electron chi connectivity index (χ4n) is 8.19. The van der Waals surface area contributed by atoms with Crippen LogP contribution in [-0.4, -0.2) is 99.3 Å². The van der Waals surface area contributed by atoms with E-state index in [2.05, 4.69) is 20.5 Å². The molecular weight excluding hydrogens is 767 g/mol. The lowest BCUT2D eigenvalue weighted by Gasteiger charge is -2.30. The highest BCUT2D eigenvalue weighted by molar-refractivity contribution is 7.91. The summed E-state index contributed by atoms with van der Waals surface area (Å²) in [6.07, 6.45) is 11.1. The SMILES string of the molecule is CC(C)(C)OC(=O)N[C@H]1CCCCC/C=C\[C@H]2C[C@@]2(C(=O)NS(=O)(=O)C2CC2)NC(=O)C2C[C@@H](CC(=O)N3Cc4ccc(OCCn5cccn5)cc4C3)CN2C1=O. The number of hydrogen-bond acceptors (Lipinski definition) is 10. The number of sulfonamides is 1. The molecule has 7 rings (SSSR count). The van der Waals surface area contributed by atoms with Gasteiger partial charge in [0.25, 0.3) is 5.91 Å². The number of allylic oxidation sites excluding steroid dienone is 1. The second-order valence-corrected chi connectivity index (χ2v) is 19.3. The van der Waals surface area contributed by atoms with E-state index in [1.54, 1.807) is 36.5 Å². The summed E-state index contributed by atoms with van der Waals surface area (Å²) < 4.78 is 41.2. The average molecular weight is 822 g/mol. The Kier molecular flexibility index (Phi) is 11.9. The van der Waals surface area contributed by atoms with E-state index >= 15 is 0 Å². The number of benzene rings is 1. The van der Waals surface area contributed by atoms with E-state index in [1.807, 2.05) is 42.6 Å².